The van der Waals surface area contributed by atoms with E-state index < -0.39 is 0 Å². The smallest absolute Gasteiger partial charge is 0.269 e. The standard InChI is InChI=1S/C22H22ClN3O2/c1-28-20-9-4-16(5-10-20)12-13-24-22(27)21-11-8-19(15-26-21)25-14-17-2-6-18(23)7-3-17/h2-11,15,25H,12-14H2,1H3,(H,24,27). The molecule has 0 bridgehead atoms. The second kappa shape index (κ2) is 9.76. The number of nitrogens with one attached hydrogen (secondary N) is 2. The number of carbonyl (C=O) groups is 1. The number of halogens is 1. The van der Waals surface area contributed by atoms with Crippen LogP contribution in [0, 0.1) is 0 Å². The van der Waals surface area contributed by atoms with Crippen LogP contribution >= 0.6 is 11.6 Å². The molecule has 0 radical (unpaired) electrons. The molecule has 0 saturated heterocycles. The number of pyridine rings is 1. The summed E-state index contributed by atoms with van der Waals surface area (Å²) in [4.78, 5) is 16.5. The molecule has 0 atom stereocenters. The van der Waals surface area contributed by atoms with Gasteiger partial charge in [-0.25, -0.2) is 4.98 Å². The molecule has 3 aromatic rings. The van der Waals surface area contributed by atoms with Gasteiger partial charge in [0, 0.05) is 18.1 Å². The Hall–Kier alpha value is -3.05. The van der Waals surface area contributed by atoms with Crippen LogP contribution in [0.25, 0.3) is 0 Å². The van der Waals surface area contributed by atoms with E-state index in [1.165, 1.54) is 0 Å². The number of ether oxygens (including phenoxy) is 1. The van der Waals surface area contributed by atoms with Gasteiger partial charge in [0.05, 0.1) is 19.0 Å². The Bertz CT molecular complexity index is 895. The molecule has 0 unspecified atom stereocenters. The van der Waals surface area contributed by atoms with Crippen LogP contribution in [0.3, 0.4) is 0 Å². The summed E-state index contributed by atoms with van der Waals surface area (Å²) in [5.41, 5.74) is 3.50. The molecule has 2 N–H and O–H groups in total. The molecule has 0 aliphatic heterocycles. The van der Waals surface area contributed by atoms with E-state index in [0.717, 1.165) is 29.0 Å². The van der Waals surface area contributed by atoms with Gasteiger partial charge in [0.2, 0.25) is 0 Å². The maximum atomic E-state index is 12.2. The lowest BCUT2D eigenvalue weighted by molar-refractivity contribution is 0.0949. The van der Waals surface area contributed by atoms with Crippen molar-refractivity contribution >= 4 is 23.2 Å². The summed E-state index contributed by atoms with van der Waals surface area (Å²) in [6.45, 7) is 1.20. The zero-order valence-electron chi connectivity index (χ0n) is 15.6. The Morgan fingerprint density at radius 3 is 2.36 bits per heavy atom. The van der Waals surface area contributed by atoms with Gasteiger partial charge in [-0.1, -0.05) is 35.9 Å². The SMILES string of the molecule is COc1ccc(CCNC(=O)c2ccc(NCc3ccc(Cl)cc3)cn2)cc1. The summed E-state index contributed by atoms with van der Waals surface area (Å²) in [7, 11) is 1.64. The third kappa shape index (κ3) is 5.72. The van der Waals surface area contributed by atoms with E-state index >= 15 is 0 Å². The van der Waals surface area contributed by atoms with E-state index in [0.29, 0.717) is 23.8 Å². The van der Waals surface area contributed by atoms with Gasteiger partial charge in [0.1, 0.15) is 11.4 Å². The molecule has 0 aliphatic carbocycles. The number of anilines is 1. The van der Waals surface area contributed by atoms with Crippen LogP contribution in [-0.2, 0) is 13.0 Å². The number of carbonyl (C=O) groups excluding carboxylic acids is 1. The van der Waals surface area contributed by atoms with Crippen molar-refractivity contribution in [1.82, 2.24) is 10.3 Å². The predicted molar refractivity (Wildman–Crippen MR) is 112 cm³/mol. The summed E-state index contributed by atoms with van der Waals surface area (Å²) in [6.07, 6.45) is 2.41. The first kappa shape index (κ1) is 19.7. The zero-order valence-corrected chi connectivity index (χ0v) is 16.4. The minimum Gasteiger partial charge on any atom is -0.497 e. The quantitative estimate of drug-likeness (QED) is 0.596. The van der Waals surface area contributed by atoms with E-state index in [2.05, 4.69) is 15.6 Å². The van der Waals surface area contributed by atoms with Crippen LogP contribution in [0.5, 0.6) is 5.75 Å². The normalized spacial score (nSPS) is 10.4. The number of amides is 1. The molecule has 144 valence electrons. The number of hydrogen-bond donors (Lipinski definition) is 2. The molecule has 0 aliphatic rings. The molecule has 0 fully saturated rings. The molecule has 5 nitrogen and oxygen atoms in total. The van der Waals surface area contributed by atoms with Gasteiger partial charge in [0.25, 0.3) is 5.91 Å². The molecule has 1 heterocycles. The van der Waals surface area contributed by atoms with Gasteiger partial charge in [-0.2, -0.15) is 0 Å². The molecule has 1 amide bonds. The predicted octanol–water partition coefficient (Wildman–Crippen LogP) is 4.33. The number of methoxy groups -OCH3 is 1. The Balaban J connectivity index is 1.45. The van der Waals surface area contributed by atoms with Gasteiger partial charge < -0.3 is 15.4 Å². The molecule has 1 aromatic heterocycles. The summed E-state index contributed by atoms with van der Waals surface area (Å²) in [6, 6.07) is 19.0. The van der Waals surface area contributed by atoms with Crippen molar-refractivity contribution in [2.75, 3.05) is 19.0 Å². The van der Waals surface area contributed by atoms with Crippen molar-refractivity contribution in [3.8, 4) is 5.75 Å². The van der Waals surface area contributed by atoms with Crippen molar-refractivity contribution < 1.29 is 9.53 Å². The first-order chi connectivity index (χ1) is 13.6. The monoisotopic (exact) mass is 395 g/mol. The van der Waals surface area contributed by atoms with Crippen molar-refractivity contribution in [2.45, 2.75) is 13.0 Å². The van der Waals surface area contributed by atoms with Crippen LogP contribution in [0.2, 0.25) is 5.02 Å². The third-order valence-electron chi connectivity index (χ3n) is 4.26. The van der Waals surface area contributed by atoms with Crippen molar-refractivity contribution in [3.05, 3.63) is 88.7 Å². The highest BCUT2D eigenvalue weighted by Crippen LogP contribution is 2.13. The van der Waals surface area contributed by atoms with Crippen LogP contribution < -0.4 is 15.4 Å². The molecule has 6 heteroatoms. The lowest BCUT2D eigenvalue weighted by Crippen LogP contribution is -2.26. The van der Waals surface area contributed by atoms with Crippen molar-refractivity contribution in [1.29, 1.82) is 0 Å². The molecular formula is C22H22ClN3O2. The minimum atomic E-state index is -0.183. The fourth-order valence-corrected chi connectivity index (χ4v) is 2.77. The maximum Gasteiger partial charge on any atom is 0.269 e. The van der Waals surface area contributed by atoms with Crippen LogP contribution in [0.15, 0.2) is 66.9 Å². The second-order valence-electron chi connectivity index (χ2n) is 6.27. The topological polar surface area (TPSA) is 63.2 Å². The molecular weight excluding hydrogens is 374 g/mol. The van der Waals surface area contributed by atoms with Gasteiger partial charge in [-0.3, -0.25) is 4.79 Å². The highest BCUT2D eigenvalue weighted by molar-refractivity contribution is 6.30. The van der Waals surface area contributed by atoms with Gasteiger partial charge in [-0.05, 0) is 53.9 Å². The number of benzene rings is 2. The summed E-state index contributed by atoms with van der Waals surface area (Å²) in [5.74, 6) is 0.638. The van der Waals surface area contributed by atoms with Crippen LogP contribution in [0.4, 0.5) is 5.69 Å². The summed E-state index contributed by atoms with van der Waals surface area (Å²) < 4.78 is 5.14. The molecule has 0 spiro atoms. The highest BCUT2D eigenvalue weighted by Gasteiger charge is 2.07. The molecule has 2 aromatic carbocycles. The van der Waals surface area contributed by atoms with Crippen LogP contribution in [0.1, 0.15) is 21.6 Å². The Morgan fingerprint density at radius 2 is 1.71 bits per heavy atom. The lowest BCUT2D eigenvalue weighted by atomic mass is 10.1. The number of aromatic nitrogens is 1. The number of rotatable bonds is 8. The molecule has 0 saturated carbocycles. The number of nitrogens with zero attached hydrogens (tertiary/aromatic N) is 1. The lowest BCUT2D eigenvalue weighted by Gasteiger charge is -2.08. The van der Waals surface area contributed by atoms with E-state index in [-0.39, 0.29) is 5.91 Å². The average Bonchev–Trinajstić information content (AvgIpc) is 2.74. The van der Waals surface area contributed by atoms with E-state index in [9.17, 15) is 4.79 Å². The maximum absolute atomic E-state index is 12.2. The highest BCUT2D eigenvalue weighted by atomic mass is 35.5. The fraction of sp³-hybridized carbons (Fsp3) is 0.182. The second-order valence-corrected chi connectivity index (χ2v) is 6.70. The number of hydrogen-bond acceptors (Lipinski definition) is 4. The van der Waals surface area contributed by atoms with Gasteiger partial charge >= 0.3 is 0 Å². The van der Waals surface area contributed by atoms with E-state index in [4.69, 9.17) is 16.3 Å². The van der Waals surface area contributed by atoms with E-state index in [1.807, 2.05) is 54.6 Å². The molecule has 28 heavy (non-hydrogen) atoms. The minimum absolute atomic E-state index is 0.183. The summed E-state index contributed by atoms with van der Waals surface area (Å²) in [5, 5.41) is 6.88. The van der Waals surface area contributed by atoms with Gasteiger partial charge in [0.15, 0.2) is 0 Å². The zero-order chi connectivity index (χ0) is 19.8. The Labute approximate surface area is 169 Å². The van der Waals surface area contributed by atoms with Crippen molar-refractivity contribution in [2.24, 2.45) is 0 Å². The average molecular weight is 396 g/mol. The van der Waals surface area contributed by atoms with Crippen LogP contribution in [-0.4, -0.2) is 24.5 Å². The molecule has 3 rings (SSSR count). The largest absolute Gasteiger partial charge is 0.497 e. The first-order valence-corrected chi connectivity index (χ1v) is 9.37. The first-order valence-electron chi connectivity index (χ1n) is 8.99. The van der Waals surface area contributed by atoms with Gasteiger partial charge in [-0.15, -0.1) is 0 Å². The fourth-order valence-electron chi connectivity index (χ4n) is 2.64. The summed E-state index contributed by atoms with van der Waals surface area (Å²) >= 11 is 5.89. The third-order valence-corrected chi connectivity index (χ3v) is 4.52. The Kier molecular flexibility index (Phi) is 6.87. The Morgan fingerprint density at radius 1 is 1.00 bits per heavy atom. The van der Waals surface area contributed by atoms with E-state index in [1.54, 1.807) is 19.4 Å². The van der Waals surface area contributed by atoms with Crippen molar-refractivity contribution in [3.63, 3.8) is 0 Å².